The van der Waals surface area contributed by atoms with Crippen molar-refractivity contribution in [3.63, 3.8) is 0 Å². The van der Waals surface area contributed by atoms with Crippen LogP contribution in [0.4, 0.5) is 5.69 Å². The van der Waals surface area contributed by atoms with Gasteiger partial charge in [0.2, 0.25) is 0 Å². The zero-order valence-corrected chi connectivity index (χ0v) is 18.9. The van der Waals surface area contributed by atoms with E-state index in [4.69, 9.17) is 0 Å². The number of hydrogen-bond acceptors (Lipinski definition) is 4. The number of hydrogen-bond donors (Lipinski definition) is 3. The molecule has 1 atom stereocenters. The van der Waals surface area contributed by atoms with E-state index in [1.165, 1.54) is 5.56 Å². The molecule has 2 aromatic heterocycles. The van der Waals surface area contributed by atoms with Crippen LogP contribution in [0.2, 0.25) is 0 Å². The zero-order chi connectivity index (χ0) is 22.1. The summed E-state index contributed by atoms with van der Waals surface area (Å²) < 4.78 is 2.02. The summed E-state index contributed by atoms with van der Waals surface area (Å²) in [5.74, 6) is 0.337. The summed E-state index contributed by atoms with van der Waals surface area (Å²) in [5, 5.41) is 18.6. The Morgan fingerprint density at radius 2 is 2.00 bits per heavy atom. The van der Waals surface area contributed by atoms with Crippen LogP contribution in [0.1, 0.15) is 66.5 Å². The van der Waals surface area contributed by atoms with Crippen LogP contribution in [0.15, 0.2) is 42.7 Å². The second kappa shape index (κ2) is 8.54. The molecule has 1 saturated heterocycles. The number of anilines is 1. The molecule has 0 spiro atoms. The SMILES string of the molecule is CC1(C)CCc2c(C(=O)Nc3cnn(C(c4ccccc4)C4CCNCC4)c3)n[nH]c2C1. The van der Waals surface area contributed by atoms with Crippen molar-refractivity contribution in [1.29, 1.82) is 0 Å². The molecule has 0 radical (unpaired) electrons. The first-order chi connectivity index (χ1) is 15.5. The Morgan fingerprint density at radius 3 is 2.78 bits per heavy atom. The fourth-order valence-corrected chi connectivity index (χ4v) is 5.23. The van der Waals surface area contributed by atoms with Gasteiger partial charge in [-0.15, -0.1) is 0 Å². The smallest absolute Gasteiger partial charge is 0.276 e. The van der Waals surface area contributed by atoms with Crippen LogP contribution >= 0.6 is 0 Å². The van der Waals surface area contributed by atoms with Crippen molar-refractivity contribution in [2.45, 2.75) is 52.0 Å². The fraction of sp³-hybridized carbons (Fsp3) is 0.480. The first kappa shape index (κ1) is 20.9. The number of carbonyl (C=O) groups is 1. The largest absolute Gasteiger partial charge is 0.318 e. The van der Waals surface area contributed by atoms with Crippen LogP contribution in [0.3, 0.4) is 0 Å². The molecule has 3 aromatic rings. The Kier molecular flexibility index (Phi) is 5.59. The van der Waals surface area contributed by atoms with E-state index in [2.05, 4.69) is 64.0 Å². The molecule has 1 fully saturated rings. The number of rotatable bonds is 5. The lowest BCUT2D eigenvalue weighted by Crippen LogP contribution is -2.33. The summed E-state index contributed by atoms with van der Waals surface area (Å²) in [5.41, 5.74) is 4.88. The molecular formula is C25H32N6O. The Morgan fingerprint density at radius 1 is 1.22 bits per heavy atom. The molecule has 1 unspecified atom stereocenters. The third-order valence-corrected chi connectivity index (χ3v) is 6.99. The molecule has 0 bridgehead atoms. The average Bonchev–Trinajstić information content (AvgIpc) is 3.41. The minimum Gasteiger partial charge on any atom is -0.318 e. The van der Waals surface area contributed by atoms with E-state index < -0.39 is 0 Å². The Labute approximate surface area is 189 Å². The highest BCUT2D eigenvalue weighted by molar-refractivity contribution is 6.03. The number of benzene rings is 1. The molecule has 1 aliphatic carbocycles. The third-order valence-electron chi connectivity index (χ3n) is 6.99. The van der Waals surface area contributed by atoms with Gasteiger partial charge in [0, 0.05) is 17.5 Å². The highest BCUT2D eigenvalue weighted by Crippen LogP contribution is 2.35. The number of aromatic nitrogens is 4. The number of nitrogens with zero attached hydrogens (tertiary/aromatic N) is 3. The first-order valence-corrected chi connectivity index (χ1v) is 11.7. The number of nitrogens with one attached hydrogen (secondary N) is 3. The second-order valence-electron chi connectivity index (χ2n) is 9.98. The minimum absolute atomic E-state index is 0.157. The molecule has 7 nitrogen and oxygen atoms in total. The number of carbonyl (C=O) groups excluding carboxylic acids is 1. The molecule has 5 rings (SSSR count). The van der Waals surface area contributed by atoms with E-state index in [0.29, 0.717) is 17.3 Å². The molecule has 1 amide bonds. The number of piperidine rings is 1. The lowest BCUT2D eigenvalue weighted by atomic mass is 9.76. The lowest BCUT2D eigenvalue weighted by molar-refractivity contribution is 0.102. The Hall–Kier alpha value is -2.93. The van der Waals surface area contributed by atoms with E-state index in [0.717, 1.165) is 56.5 Å². The summed E-state index contributed by atoms with van der Waals surface area (Å²) in [7, 11) is 0. The highest BCUT2D eigenvalue weighted by atomic mass is 16.2. The van der Waals surface area contributed by atoms with Crippen LogP contribution in [0.5, 0.6) is 0 Å². The molecule has 3 N–H and O–H groups in total. The molecular weight excluding hydrogens is 400 g/mol. The van der Waals surface area contributed by atoms with Gasteiger partial charge in [0.25, 0.3) is 5.91 Å². The number of amides is 1. The van der Waals surface area contributed by atoms with Gasteiger partial charge in [-0.1, -0.05) is 44.2 Å². The van der Waals surface area contributed by atoms with Gasteiger partial charge in [-0.25, -0.2) is 0 Å². The summed E-state index contributed by atoms with van der Waals surface area (Å²) >= 11 is 0. The van der Waals surface area contributed by atoms with Crippen molar-refractivity contribution in [2.75, 3.05) is 18.4 Å². The monoisotopic (exact) mass is 432 g/mol. The van der Waals surface area contributed by atoms with E-state index in [9.17, 15) is 4.79 Å². The predicted octanol–water partition coefficient (Wildman–Crippen LogP) is 3.96. The van der Waals surface area contributed by atoms with Crippen molar-refractivity contribution < 1.29 is 4.79 Å². The van der Waals surface area contributed by atoms with Gasteiger partial charge in [-0.05, 0) is 62.1 Å². The van der Waals surface area contributed by atoms with Gasteiger partial charge < -0.3 is 10.6 Å². The van der Waals surface area contributed by atoms with Crippen LogP contribution in [-0.4, -0.2) is 39.0 Å². The van der Waals surface area contributed by atoms with Gasteiger partial charge in [0.05, 0.1) is 17.9 Å². The third kappa shape index (κ3) is 4.21. The highest BCUT2D eigenvalue weighted by Gasteiger charge is 2.31. The van der Waals surface area contributed by atoms with Crippen molar-refractivity contribution >= 4 is 11.6 Å². The summed E-state index contributed by atoms with van der Waals surface area (Å²) in [6.07, 6.45) is 8.79. The maximum Gasteiger partial charge on any atom is 0.276 e. The average molecular weight is 433 g/mol. The molecule has 1 aromatic carbocycles. The maximum absolute atomic E-state index is 13.0. The standard InChI is InChI=1S/C25H32N6O/c1-25(2)11-8-20-21(14-25)29-30-22(20)24(32)28-19-15-27-31(16-19)23(17-6-4-3-5-7-17)18-9-12-26-13-10-18/h3-7,15-16,18,23,26H,8-14H2,1-2H3,(H,28,32)(H,29,30). The number of H-pyrrole nitrogens is 1. The van der Waals surface area contributed by atoms with Gasteiger partial charge in [0.15, 0.2) is 5.69 Å². The molecule has 2 aliphatic rings. The number of aromatic amines is 1. The van der Waals surface area contributed by atoms with E-state index >= 15 is 0 Å². The van der Waals surface area contributed by atoms with Gasteiger partial charge >= 0.3 is 0 Å². The number of fused-ring (bicyclic) bond motifs is 1. The quantitative estimate of drug-likeness (QED) is 0.569. The molecule has 7 heteroatoms. The van der Waals surface area contributed by atoms with Gasteiger partial charge in [-0.3, -0.25) is 14.6 Å². The molecule has 32 heavy (non-hydrogen) atoms. The lowest BCUT2D eigenvalue weighted by Gasteiger charge is -2.31. The molecule has 168 valence electrons. The molecule has 0 saturated carbocycles. The van der Waals surface area contributed by atoms with Crippen molar-refractivity contribution in [3.05, 3.63) is 65.2 Å². The Bertz CT molecular complexity index is 1080. The summed E-state index contributed by atoms with van der Waals surface area (Å²) in [6, 6.07) is 10.7. The molecule has 1 aliphatic heterocycles. The zero-order valence-electron chi connectivity index (χ0n) is 18.9. The second-order valence-corrected chi connectivity index (χ2v) is 9.98. The minimum atomic E-state index is -0.167. The topological polar surface area (TPSA) is 87.6 Å². The van der Waals surface area contributed by atoms with Crippen molar-refractivity contribution in [3.8, 4) is 0 Å². The normalized spacial score (nSPS) is 19.3. The van der Waals surface area contributed by atoms with Gasteiger partial charge in [-0.2, -0.15) is 10.2 Å². The van der Waals surface area contributed by atoms with E-state index in [-0.39, 0.29) is 17.4 Å². The van der Waals surface area contributed by atoms with E-state index in [1.54, 1.807) is 6.20 Å². The summed E-state index contributed by atoms with van der Waals surface area (Å²) in [6.45, 7) is 6.58. The predicted molar refractivity (Wildman–Crippen MR) is 125 cm³/mol. The van der Waals surface area contributed by atoms with Crippen LogP contribution in [0.25, 0.3) is 0 Å². The van der Waals surface area contributed by atoms with Crippen LogP contribution < -0.4 is 10.6 Å². The van der Waals surface area contributed by atoms with Crippen LogP contribution in [-0.2, 0) is 12.8 Å². The summed E-state index contributed by atoms with van der Waals surface area (Å²) in [4.78, 5) is 13.0. The van der Waals surface area contributed by atoms with Crippen molar-refractivity contribution in [2.24, 2.45) is 11.3 Å². The fourth-order valence-electron chi connectivity index (χ4n) is 5.23. The van der Waals surface area contributed by atoms with Crippen molar-refractivity contribution in [1.82, 2.24) is 25.3 Å². The van der Waals surface area contributed by atoms with E-state index in [1.807, 2.05) is 16.9 Å². The van der Waals surface area contributed by atoms with Crippen LogP contribution in [0, 0.1) is 11.3 Å². The van der Waals surface area contributed by atoms with Gasteiger partial charge in [0.1, 0.15) is 0 Å². The maximum atomic E-state index is 13.0. The Balaban J connectivity index is 1.36. The molecule has 3 heterocycles. The first-order valence-electron chi connectivity index (χ1n) is 11.7.